The van der Waals surface area contributed by atoms with E-state index in [1.165, 1.54) is 19.4 Å². The molecule has 1 unspecified atom stereocenters. The van der Waals surface area contributed by atoms with Gasteiger partial charge < -0.3 is 19.9 Å². The summed E-state index contributed by atoms with van der Waals surface area (Å²) in [5, 5.41) is 2.74. The van der Waals surface area contributed by atoms with Crippen LogP contribution in [0.15, 0.2) is 12.5 Å². The first kappa shape index (κ1) is 12.6. The predicted octanol–water partition coefficient (Wildman–Crippen LogP) is -0.613. The van der Waals surface area contributed by atoms with E-state index in [-0.39, 0.29) is 17.9 Å². The number of carbonyl (C=O) groups excluding carboxylic acids is 2. The molecule has 1 fully saturated rings. The number of carbonyl (C=O) groups is 2. The van der Waals surface area contributed by atoms with Gasteiger partial charge in [-0.25, -0.2) is 4.98 Å². The van der Waals surface area contributed by atoms with Crippen LogP contribution in [0.4, 0.5) is 0 Å². The fraction of sp³-hybridized carbons (Fsp3) is 0.545. The lowest BCUT2D eigenvalue weighted by Gasteiger charge is -2.32. The largest absolute Gasteiger partial charge is 0.373 e. The Hall–Kier alpha value is -1.89. The highest BCUT2D eigenvalue weighted by atomic mass is 16.5. The molecule has 2 N–H and O–H groups in total. The van der Waals surface area contributed by atoms with Gasteiger partial charge in [-0.1, -0.05) is 0 Å². The van der Waals surface area contributed by atoms with Crippen LogP contribution in [0.2, 0.25) is 0 Å². The Morgan fingerprint density at radius 1 is 1.67 bits per heavy atom. The molecule has 0 saturated carbocycles. The van der Waals surface area contributed by atoms with Crippen molar-refractivity contribution in [2.75, 3.05) is 26.2 Å². The monoisotopic (exact) mass is 252 g/mol. The first-order valence-corrected chi connectivity index (χ1v) is 5.80. The molecule has 7 nitrogen and oxygen atoms in total. The lowest BCUT2D eigenvalue weighted by atomic mass is 10.2. The average molecular weight is 252 g/mol. The molecule has 2 amide bonds. The fourth-order valence-electron chi connectivity index (χ4n) is 1.81. The zero-order chi connectivity index (χ0) is 13.0. The van der Waals surface area contributed by atoms with E-state index in [4.69, 9.17) is 4.74 Å². The molecule has 1 saturated heterocycles. The van der Waals surface area contributed by atoms with E-state index < -0.39 is 0 Å². The second kappa shape index (κ2) is 5.63. The second-order valence-corrected chi connectivity index (χ2v) is 4.13. The van der Waals surface area contributed by atoms with E-state index in [1.54, 1.807) is 4.90 Å². The Kier molecular flexibility index (Phi) is 3.93. The van der Waals surface area contributed by atoms with Crippen molar-refractivity contribution < 1.29 is 14.3 Å². The summed E-state index contributed by atoms with van der Waals surface area (Å²) >= 11 is 0. The fourth-order valence-corrected chi connectivity index (χ4v) is 1.81. The number of rotatable bonds is 3. The van der Waals surface area contributed by atoms with Gasteiger partial charge in [-0.05, 0) is 0 Å². The van der Waals surface area contributed by atoms with Gasteiger partial charge >= 0.3 is 0 Å². The van der Waals surface area contributed by atoms with Crippen molar-refractivity contribution in [1.29, 1.82) is 0 Å². The third-order valence-electron chi connectivity index (χ3n) is 2.82. The van der Waals surface area contributed by atoms with Crippen molar-refractivity contribution in [3.05, 3.63) is 18.2 Å². The number of hydrogen-bond donors (Lipinski definition) is 2. The quantitative estimate of drug-likeness (QED) is 0.751. The van der Waals surface area contributed by atoms with Crippen LogP contribution in [0, 0.1) is 0 Å². The van der Waals surface area contributed by atoms with Crippen LogP contribution >= 0.6 is 0 Å². The second-order valence-electron chi connectivity index (χ2n) is 4.13. The molecule has 1 aromatic rings. The summed E-state index contributed by atoms with van der Waals surface area (Å²) in [5.41, 5.74) is 0.411. The van der Waals surface area contributed by atoms with E-state index in [1.807, 2.05) is 0 Å². The number of H-pyrrole nitrogens is 1. The molecule has 1 atom stereocenters. The number of aromatic amines is 1. The Balaban J connectivity index is 1.80. The minimum atomic E-state index is -0.226. The van der Waals surface area contributed by atoms with Gasteiger partial charge in [0.25, 0.3) is 5.91 Å². The maximum Gasteiger partial charge on any atom is 0.269 e. The molecule has 1 aliphatic heterocycles. The van der Waals surface area contributed by atoms with Crippen LogP contribution in [-0.2, 0) is 9.53 Å². The van der Waals surface area contributed by atoms with Gasteiger partial charge in [0.05, 0.1) is 25.2 Å². The number of imidazole rings is 1. The van der Waals surface area contributed by atoms with Gasteiger partial charge in [0.15, 0.2) is 0 Å². The minimum Gasteiger partial charge on any atom is -0.373 e. The van der Waals surface area contributed by atoms with Gasteiger partial charge in [-0.15, -0.1) is 0 Å². The molecule has 98 valence electrons. The third-order valence-corrected chi connectivity index (χ3v) is 2.82. The van der Waals surface area contributed by atoms with E-state index in [0.29, 0.717) is 31.9 Å². The van der Waals surface area contributed by atoms with Gasteiger partial charge in [0.2, 0.25) is 5.91 Å². The van der Waals surface area contributed by atoms with Gasteiger partial charge in [0.1, 0.15) is 5.69 Å². The number of nitrogens with zero attached hydrogens (tertiary/aromatic N) is 2. The Morgan fingerprint density at radius 2 is 2.50 bits per heavy atom. The zero-order valence-electron chi connectivity index (χ0n) is 10.2. The summed E-state index contributed by atoms with van der Waals surface area (Å²) < 4.78 is 5.49. The predicted molar refractivity (Wildman–Crippen MR) is 62.9 cm³/mol. The van der Waals surface area contributed by atoms with Gasteiger partial charge in [0, 0.05) is 26.6 Å². The number of nitrogens with one attached hydrogen (secondary N) is 2. The standard InChI is InChI=1S/C11H16N4O3/c1-8(16)15-2-3-18-9(6-15)4-13-11(17)10-5-12-7-14-10/h5,7,9H,2-4,6H2,1H3,(H,12,14)(H,13,17). The average Bonchev–Trinajstić information content (AvgIpc) is 2.90. The molecular weight excluding hydrogens is 236 g/mol. The molecule has 0 spiro atoms. The molecule has 1 aliphatic rings. The van der Waals surface area contributed by atoms with E-state index >= 15 is 0 Å². The SMILES string of the molecule is CC(=O)N1CCOC(CNC(=O)c2cnc[nH]2)C1. The van der Waals surface area contributed by atoms with E-state index in [2.05, 4.69) is 15.3 Å². The number of amides is 2. The maximum atomic E-state index is 11.6. The van der Waals surface area contributed by atoms with Crippen molar-refractivity contribution in [2.24, 2.45) is 0 Å². The van der Waals surface area contributed by atoms with Crippen molar-refractivity contribution in [1.82, 2.24) is 20.2 Å². The first-order chi connectivity index (χ1) is 8.66. The molecule has 0 aliphatic carbocycles. The molecule has 7 heteroatoms. The van der Waals surface area contributed by atoms with Crippen LogP contribution in [0.3, 0.4) is 0 Å². The summed E-state index contributed by atoms with van der Waals surface area (Å²) in [4.78, 5) is 31.1. The maximum absolute atomic E-state index is 11.6. The van der Waals surface area contributed by atoms with Gasteiger partial charge in [-0.2, -0.15) is 0 Å². The van der Waals surface area contributed by atoms with Crippen molar-refractivity contribution in [2.45, 2.75) is 13.0 Å². The molecule has 18 heavy (non-hydrogen) atoms. The normalized spacial score (nSPS) is 19.6. The summed E-state index contributed by atoms with van der Waals surface area (Å²) in [5.74, 6) is -0.195. The molecule has 0 aromatic carbocycles. The van der Waals surface area contributed by atoms with Crippen molar-refractivity contribution in [3.63, 3.8) is 0 Å². The number of aromatic nitrogens is 2. The summed E-state index contributed by atoms with van der Waals surface area (Å²) in [6.45, 7) is 3.54. The van der Waals surface area contributed by atoms with E-state index in [9.17, 15) is 9.59 Å². The molecular formula is C11H16N4O3. The Morgan fingerprint density at radius 3 is 3.17 bits per heavy atom. The number of morpholine rings is 1. The Labute approximate surface area is 105 Å². The summed E-state index contributed by atoms with van der Waals surface area (Å²) in [6, 6.07) is 0. The lowest BCUT2D eigenvalue weighted by molar-refractivity contribution is -0.136. The summed E-state index contributed by atoms with van der Waals surface area (Å²) in [6.07, 6.45) is 2.75. The molecule has 2 rings (SSSR count). The van der Waals surface area contributed by atoms with Crippen LogP contribution in [0.25, 0.3) is 0 Å². The van der Waals surface area contributed by atoms with Crippen LogP contribution < -0.4 is 5.32 Å². The number of ether oxygens (including phenoxy) is 1. The first-order valence-electron chi connectivity index (χ1n) is 5.80. The molecule has 0 radical (unpaired) electrons. The highest BCUT2D eigenvalue weighted by Crippen LogP contribution is 2.04. The lowest BCUT2D eigenvalue weighted by Crippen LogP contribution is -2.49. The van der Waals surface area contributed by atoms with Crippen LogP contribution in [0.5, 0.6) is 0 Å². The van der Waals surface area contributed by atoms with Gasteiger partial charge in [-0.3, -0.25) is 9.59 Å². The highest BCUT2D eigenvalue weighted by Gasteiger charge is 2.22. The summed E-state index contributed by atoms with van der Waals surface area (Å²) in [7, 11) is 0. The van der Waals surface area contributed by atoms with Crippen molar-refractivity contribution in [3.8, 4) is 0 Å². The van der Waals surface area contributed by atoms with Crippen molar-refractivity contribution >= 4 is 11.8 Å². The topological polar surface area (TPSA) is 87.3 Å². The molecule has 1 aromatic heterocycles. The molecule has 0 bridgehead atoms. The zero-order valence-corrected chi connectivity index (χ0v) is 10.2. The van der Waals surface area contributed by atoms with Crippen LogP contribution in [-0.4, -0.2) is 59.0 Å². The molecule has 2 heterocycles. The minimum absolute atomic E-state index is 0.0307. The Bertz CT molecular complexity index is 418. The highest BCUT2D eigenvalue weighted by molar-refractivity contribution is 5.91. The third kappa shape index (κ3) is 3.07. The number of hydrogen-bond acceptors (Lipinski definition) is 4. The smallest absolute Gasteiger partial charge is 0.269 e. The van der Waals surface area contributed by atoms with Crippen LogP contribution in [0.1, 0.15) is 17.4 Å². The van der Waals surface area contributed by atoms with E-state index in [0.717, 1.165) is 0 Å².